The van der Waals surface area contributed by atoms with Crippen molar-refractivity contribution in [1.29, 1.82) is 0 Å². The summed E-state index contributed by atoms with van der Waals surface area (Å²) in [7, 11) is 4.21. The van der Waals surface area contributed by atoms with Gasteiger partial charge in [0, 0.05) is 32.9 Å². The Balaban J connectivity index is 2.04. The summed E-state index contributed by atoms with van der Waals surface area (Å²) < 4.78 is 2.29. The van der Waals surface area contributed by atoms with Gasteiger partial charge >= 0.3 is 0 Å². The lowest BCUT2D eigenvalue weighted by molar-refractivity contribution is 0.404. The number of fused-ring (bicyclic) bond motifs is 2. The summed E-state index contributed by atoms with van der Waals surface area (Å²) in [6.45, 7) is 0.938. The highest BCUT2D eigenvalue weighted by Crippen LogP contribution is 2.44. The van der Waals surface area contributed by atoms with Gasteiger partial charge in [0.2, 0.25) is 0 Å². The molecule has 1 aliphatic rings. The van der Waals surface area contributed by atoms with E-state index >= 15 is 0 Å². The average Bonchev–Trinajstić information content (AvgIpc) is 2.80. The van der Waals surface area contributed by atoms with Crippen LogP contribution in [0.5, 0.6) is 0 Å². The minimum atomic E-state index is 0.782. The second kappa shape index (κ2) is 4.80. The zero-order valence-corrected chi connectivity index (χ0v) is 13.5. The van der Waals surface area contributed by atoms with Crippen molar-refractivity contribution in [2.45, 2.75) is 16.3 Å². The highest BCUT2D eigenvalue weighted by atomic mass is 35.5. The number of aromatic nitrogens is 1. The molecule has 1 aliphatic heterocycles. The zero-order chi connectivity index (χ0) is 14.6. The van der Waals surface area contributed by atoms with Gasteiger partial charge in [-0.05, 0) is 43.9 Å². The standard InChI is InChI=1S/C17H15ClN2S/c1-19(2)9-11-10-20-14-8-12(18)6-7-15(14)21-16-5-3-4-13(11)17(16)20/h3-8,10H,9H2,1-2H3. The molecule has 2 heterocycles. The summed E-state index contributed by atoms with van der Waals surface area (Å²) in [6.07, 6.45) is 2.25. The minimum absolute atomic E-state index is 0.782. The highest BCUT2D eigenvalue weighted by molar-refractivity contribution is 7.99. The van der Waals surface area contributed by atoms with Crippen molar-refractivity contribution in [2.75, 3.05) is 14.1 Å². The normalized spacial score (nSPS) is 13.0. The van der Waals surface area contributed by atoms with E-state index in [1.165, 1.54) is 31.9 Å². The Labute approximate surface area is 133 Å². The van der Waals surface area contributed by atoms with Gasteiger partial charge in [0.15, 0.2) is 0 Å². The van der Waals surface area contributed by atoms with Gasteiger partial charge < -0.3 is 9.47 Å². The molecule has 0 bridgehead atoms. The van der Waals surface area contributed by atoms with E-state index in [-0.39, 0.29) is 0 Å². The maximum Gasteiger partial charge on any atom is 0.0671 e. The lowest BCUT2D eigenvalue weighted by Gasteiger charge is -2.19. The fourth-order valence-electron chi connectivity index (χ4n) is 2.94. The first-order valence-electron chi connectivity index (χ1n) is 6.89. The predicted octanol–water partition coefficient (Wildman–Crippen LogP) is 4.81. The molecule has 21 heavy (non-hydrogen) atoms. The zero-order valence-electron chi connectivity index (χ0n) is 11.9. The van der Waals surface area contributed by atoms with Crippen LogP contribution in [-0.2, 0) is 6.54 Å². The van der Waals surface area contributed by atoms with Crippen LogP contribution < -0.4 is 0 Å². The fourth-order valence-corrected chi connectivity index (χ4v) is 4.20. The second-order valence-corrected chi connectivity index (χ2v) is 7.15. The van der Waals surface area contributed by atoms with Crippen LogP contribution in [0.3, 0.4) is 0 Å². The molecule has 4 heteroatoms. The largest absolute Gasteiger partial charge is 0.314 e. The number of nitrogens with zero attached hydrogens (tertiary/aromatic N) is 2. The van der Waals surface area contributed by atoms with Crippen molar-refractivity contribution in [1.82, 2.24) is 9.47 Å². The predicted molar refractivity (Wildman–Crippen MR) is 89.8 cm³/mol. The summed E-state index contributed by atoms with van der Waals surface area (Å²) in [6, 6.07) is 12.7. The van der Waals surface area contributed by atoms with Crippen LogP contribution >= 0.6 is 23.4 Å². The molecule has 4 rings (SSSR count). The third-order valence-corrected chi connectivity index (χ3v) is 5.11. The molecule has 2 nitrogen and oxygen atoms in total. The molecular formula is C17H15ClN2S. The van der Waals surface area contributed by atoms with Crippen LogP contribution in [-0.4, -0.2) is 23.6 Å². The number of halogens is 1. The van der Waals surface area contributed by atoms with Crippen LogP contribution in [0.1, 0.15) is 5.56 Å². The molecule has 106 valence electrons. The third kappa shape index (κ3) is 2.08. The monoisotopic (exact) mass is 314 g/mol. The Hall–Kier alpha value is -1.42. The average molecular weight is 315 g/mol. The summed E-state index contributed by atoms with van der Waals surface area (Å²) >= 11 is 8.02. The van der Waals surface area contributed by atoms with Crippen LogP contribution in [0.15, 0.2) is 52.4 Å². The molecular weight excluding hydrogens is 300 g/mol. The maximum atomic E-state index is 6.20. The Bertz CT molecular complexity index is 851. The summed E-state index contributed by atoms with van der Waals surface area (Å²) in [5.74, 6) is 0. The molecule has 0 radical (unpaired) electrons. The van der Waals surface area contributed by atoms with E-state index < -0.39 is 0 Å². The minimum Gasteiger partial charge on any atom is -0.314 e. The van der Waals surface area contributed by atoms with Crippen molar-refractivity contribution in [3.8, 4) is 5.69 Å². The smallest absolute Gasteiger partial charge is 0.0671 e. The molecule has 0 saturated heterocycles. The fraction of sp³-hybridized carbons (Fsp3) is 0.176. The first kappa shape index (κ1) is 13.3. The van der Waals surface area contributed by atoms with Gasteiger partial charge in [-0.15, -0.1) is 0 Å². The van der Waals surface area contributed by atoms with E-state index in [1.807, 2.05) is 17.8 Å². The topological polar surface area (TPSA) is 8.17 Å². The van der Waals surface area contributed by atoms with Crippen molar-refractivity contribution in [3.63, 3.8) is 0 Å². The van der Waals surface area contributed by atoms with Crippen molar-refractivity contribution >= 4 is 34.3 Å². The van der Waals surface area contributed by atoms with Gasteiger partial charge in [0.25, 0.3) is 0 Å². The Morgan fingerprint density at radius 1 is 1.14 bits per heavy atom. The molecule has 3 aromatic rings. The van der Waals surface area contributed by atoms with Crippen molar-refractivity contribution in [2.24, 2.45) is 0 Å². The molecule has 0 atom stereocenters. The molecule has 0 spiro atoms. The lowest BCUT2D eigenvalue weighted by Crippen LogP contribution is -2.10. The van der Waals surface area contributed by atoms with E-state index in [4.69, 9.17) is 11.6 Å². The third-order valence-electron chi connectivity index (χ3n) is 3.76. The summed E-state index contributed by atoms with van der Waals surface area (Å²) in [4.78, 5) is 4.77. The van der Waals surface area contributed by atoms with Gasteiger partial charge in [-0.25, -0.2) is 0 Å². The Morgan fingerprint density at radius 3 is 2.81 bits per heavy atom. The molecule has 0 amide bonds. The van der Waals surface area contributed by atoms with E-state index in [9.17, 15) is 0 Å². The van der Waals surface area contributed by atoms with E-state index in [2.05, 4.69) is 60.1 Å². The van der Waals surface area contributed by atoms with E-state index in [0.717, 1.165) is 11.6 Å². The van der Waals surface area contributed by atoms with Gasteiger partial charge in [0.05, 0.1) is 11.2 Å². The quantitative estimate of drug-likeness (QED) is 0.524. The van der Waals surface area contributed by atoms with Gasteiger partial charge in [-0.1, -0.05) is 35.5 Å². The molecule has 1 aromatic heterocycles. The molecule has 0 fully saturated rings. The van der Waals surface area contributed by atoms with Crippen LogP contribution in [0.4, 0.5) is 0 Å². The molecule has 0 saturated carbocycles. The number of benzene rings is 2. The first-order valence-corrected chi connectivity index (χ1v) is 8.08. The van der Waals surface area contributed by atoms with Gasteiger partial charge in [-0.3, -0.25) is 0 Å². The van der Waals surface area contributed by atoms with E-state index in [0.29, 0.717) is 0 Å². The number of rotatable bonds is 2. The van der Waals surface area contributed by atoms with Crippen LogP contribution in [0, 0.1) is 0 Å². The highest BCUT2D eigenvalue weighted by Gasteiger charge is 2.21. The number of hydrogen-bond acceptors (Lipinski definition) is 2. The van der Waals surface area contributed by atoms with E-state index in [1.54, 1.807) is 0 Å². The van der Waals surface area contributed by atoms with Crippen molar-refractivity contribution in [3.05, 3.63) is 53.2 Å². The maximum absolute atomic E-state index is 6.20. The summed E-state index contributed by atoms with van der Waals surface area (Å²) in [5.41, 5.74) is 3.83. The second-order valence-electron chi connectivity index (χ2n) is 5.63. The van der Waals surface area contributed by atoms with Crippen LogP contribution in [0.2, 0.25) is 5.02 Å². The number of para-hydroxylation sites is 1. The number of hydrogen-bond donors (Lipinski definition) is 0. The molecule has 0 unspecified atom stereocenters. The van der Waals surface area contributed by atoms with Gasteiger partial charge in [-0.2, -0.15) is 0 Å². The lowest BCUT2D eigenvalue weighted by atomic mass is 10.1. The molecule has 0 aliphatic carbocycles. The van der Waals surface area contributed by atoms with Gasteiger partial charge in [0.1, 0.15) is 0 Å². The summed E-state index contributed by atoms with van der Waals surface area (Å²) in [5, 5.41) is 2.11. The SMILES string of the molecule is CN(C)Cc1cn2c3c(cccc13)Sc1ccc(Cl)cc1-2. The van der Waals surface area contributed by atoms with Crippen molar-refractivity contribution < 1.29 is 0 Å². The Kier molecular flexibility index (Phi) is 3.03. The van der Waals surface area contributed by atoms with Crippen LogP contribution in [0.25, 0.3) is 16.6 Å². The molecule has 0 N–H and O–H groups in total. The molecule has 2 aromatic carbocycles. The first-order chi connectivity index (χ1) is 10.1. The Morgan fingerprint density at radius 2 is 2.00 bits per heavy atom.